The van der Waals surface area contributed by atoms with E-state index in [0.717, 1.165) is 16.3 Å². The van der Waals surface area contributed by atoms with Gasteiger partial charge in [-0.2, -0.15) is 0 Å². The van der Waals surface area contributed by atoms with Crippen LogP contribution in [-0.2, 0) is 0 Å². The number of amides is 1. The van der Waals surface area contributed by atoms with Crippen molar-refractivity contribution in [2.24, 2.45) is 0 Å². The van der Waals surface area contributed by atoms with E-state index in [1.54, 1.807) is 11.7 Å². The highest BCUT2D eigenvalue weighted by molar-refractivity contribution is 6.04. The maximum absolute atomic E-state index is 11.3. The number of benzene rings is 1. The third-order valence-electron chi connectivity index (χ3n) is 2.24. The summed E-state index contributed by atoms with van der Waals surface area (Å²) in [5.41, 5.74) is 2.87. The van der Waals surface area contributed by atoms with Crippen molar-refractivity contribution in [1.82, 2.24) is 10.5 Å². The van der Waals surface area contributed by atoms with Gasteiger partial charge in [0, 0.05) is 11.6 Å². The van der Waals surface area contributed by atoms with Gasteiger partial charge in [0.05, 0.1) is 0 Å². The number of aromatic nitrogens is 1. The third kappa shape index (κ3) is 1.67. The van der Waals surface area contributed by atoms with Gasteiger partial charge in [0.2, 0.25) is 0 Å². The van der Waals surface area contributed by atoms with Crippen LogP contribution < -0.4 is 5.48 Å². The Balaban J connectivity index is 2.74. The minimum Gasteiger partial charge on any atom is -0.288 e. The maximum atomic E-state index is 11.3. The first-order chi connectivity index (χ1) is 7.22. The van der Waals surface area contributed by atoms with Crippen LogP contribution in [0.1, 0.15) is 16.1 Å². The zero-order valence-corrected chi connectivity index (χ0v) is 8.19. The van der Waals surface area contributed by atoms with Gasteiger partial charge in [-0.3, -0.25) is 15.0 Å². The summed E-state index contributed by atoms with van der Waals surface area (Å²) < 4.78 is 0. The highest BCUT2D eigenvalue weighted by Crippen LogP contribution is 2.18. The quantitative estimate of drug-likeness (QED) is 0.546. The fourth-order valence-corrected chi connectivity index (χ4v) is 1.52. The molecule has 0 bridgehead atoms. The Labute approximate surface area is 86.5 Å². The monoisotopic (exact) mass is 202 g/mol. The molecule has 0 fully saturated rings. The van der Waals surface area contributed by atoms with Gasteiger partial charge in [-0.15, -0.1) is 0 Å². The van der Waals surface area contributed by atoms with E-state index in [4.69, 9.17) is 5.21 Å². The maximum Gasteiger partial charge on any atom is 0.293 e. The molecule has 4 heteroatoms. The molecule has 76 valence electrons. The normalized spacial score (nSPS) is 10.3. The van der Waals surface area contributed by atoms with Crippen molar-refractivity contribution in [3.05, 3.63) is 41.7 Å². The highest BCUT2D eigenvalue weighted by Gasteiger charge is 2.10. The number of aryl methyl sites for hydroxylation is 1. The number of fused-ring (bicyclic) bond motifs is 1. The molecule has 0 atom stereocenters. The fraction of sp³-hybridized carbons (Fsp3) is 0.0909. The largest absolute Gasteiger partial charge is 0.293 e. The fourth-order valence-electron chi connectivity index (χ4n) is 1.52. The van der Waals surface area contributed by atoms with E-state index in [1.165, 1.54) is 0 Å². The van der Waals surface area contributed by atoms with Gasteiger partial charge in [-0.05, 0) is 24.4 Å². The van der Waals surface area contributed by atoms with Gasteiger partial charge in [0.25, 0.3) is 5.91 Å². The Kier molecular flexibility index (Phi) is 2.35. The van der Waals surface area contributed by atoms with Crippen LogP contribution in [0.4, 0.5) is 0 Å². The van der Waals surface area contributed by atoms with E-state index in [9.17, 15) is 4.79 Å². The lowest BCUT2D eigenvalue weighted by Crippen LogP contribution is -2.20. The van der Waals surface area contributed by atoms with Crippen molar-refractivity contribution in [1.29, 1.82) is 0 Å². The Hall–Kier alpha value is -1.94. The summed E-state index contributed by atoms with van der Waals surface area (Å²) in [6, 6.07) is 7.57. The third-order valence-corrected chi connectivity index (χ3v) is 2.24. The summed E-state index contributed by atoms with van der Waals surface area (Å²) in [6.07, 6.45) is 1.54. The number of nitrogens with zero attached hydrogens (tertiary/aromatic N) is 1. The van der Waals surface area contributed by atoms with Crippen molar-refractivity contribution in [2.45, 2.75) is 6.92 Å². The smallest absolute Gasteiger partial charge is 0.288 e. The number of hydrogen-bond acceptors (Lipinski definition) is 3. The van der Waals surface area contributed by atoms with E-state index in [1.807, 2.05) is 31.2 Å². The van der Waals surface area contributed by atoms with Crippen LogP contribution in [-0.4, -0.2) is 16.1 Å². The lowest BCUT2D eigenvalue weighted by Gasteiger charge is -2.04. The van der Waals surface area contributed by atoms with E-state index in [0.29, 0.717) is 0 Å². The van der Waals surface area contributed by atoms with Crippen molar-refractivity contribution in [3.8, 4) is 0 Å². The lowest BCUT2D eigenvalue weighted by atomic mass is 10.1. The van der Waals surface area contributed by atoms with Crippen molar-refractivity contribution in [2.75, 3.05) is 0 Å². The highest BCUT2D eigenvalue weighted by atomic mass is 16.5. The summed E-state index contributed by atoms with van der Waals surface area (Å²) in [6.45, 7) is 1.94. The Bertz CT molecular complexity index is 523. The molecule has 0 aliphatic heterocycles. The van der Waals surface area contributed by atoms with Crippen LogP contribution in [0, 0.1) is 6.92 Å². The van der Waals surface area contributed by atoms with Gasteiger partial charge in [0.15, 0.2) is 0 Å². The Morgan fingerprint density at radius 1 is 1.40 bits per heavy atom. The van der Waals surface area contributed by atoms with E-state index in [2.05, 4.69) is 4.98 Å². The van der Waals surface area contributed by atoms with Crippen LogP contribution >= 0.6 is 0 Å². The second kappa shape index (κ2) is 3.67. The second-order valence-corrected chi connectivity index (χ2v) is 3.33. The molecule has 1 amide bonds. The molecule has 0 saturated carbocycles. The summed E-state index contributed by atoms with van der Waals surface area (Å²) in [4.78, 5) is 15.3. The van der Waals surface area contributed by atoms with Crippen LogP contribution in [0.25, 0.3) is 10.8 Å². The van der Waals surface area contributed by atoms with Crippen LogP contribution in [0.2, 0.25) is 0 Å². The molecule has 2 aromatic rings. The molecule has 0 saturated heterocycles. The molecule has 0 radical (unpaired) electrons. The molecule has 1 heterocycles. The number of carbonyl (C=O) groups excluding carboxylic acids is 1. The average molecular weight is 202 g/mol. The molecule has 0 aliphatic rings. The number of rotatable bonds is 1. The van der Waals surface area contributed by atoms with Crippen molar-refractivity contribution < 1.29 is 10.0 Å². The molecule has 4 nitrogen and oxygen atoms in total. The Morgan fingerprint density at radius 3 is 2.93 bits per heavy atom. The van der Waals surface area contributed by atoms with Crippen molar-refractivity contribution in [3.63, 3.8) is 0 Å². The topological polar surface area (TPSA) is 62.2 Å². The number of hydrogen-bond donors (Lipinski definition) is 2. The zero-order valence-electron chi connectivity index (χ0n) is 8.19. The molecule has 0 aliphatic carbocycles. The second-order valence-electron chi connectivity index (χ2n) is 3.33. The number of carbonyl (C=O) groups is 1. The number of pyridine rings is 1. The average Bonchev–Trinajstić information content (AvgIpc) is 2.27. The first kappa shape index (κ1) is 9.61. The first-order valence-corrected chi connectivity index (χ1v) is 4.52. The van der Waals surface area contributed by atoms with E-state index < -0.39 is 5.91 Å². The first-order valence-electron chi connectivity index (χ1n) is 4.52. The summed E-state index contributed by atoms with van der Waals surface area (Å²) >= 11 is 0. The number of nitrogens with one attached hydrogen (secondary N) is 1. The van der Waals surface area contributed by atoms with Crippen LogP contribution in [0.15, 0.2) is 30.5 Å². The molecular formula is C11H10N2O2. The molecule has 0 spiro atoms. The minimum absolute atomic E-state index is 0.235. The predicted octanol–water partition coefficient (Wildman–Crippen LogP) is 1.66. The molecule has 1 aromatic heterocycles. The zero-order chi connectivity index (χ0) is 10.8. The molecule has 1 aromatic carbocycles. The van der Waals surface area contributed by atoms with Crippen LogP contribution in [0.5, 0.6) is 0 Å². The summed E-state index contributed by atoms with van der Waals surface area (Å²) in [7, 11) is 0. The minimum atomic E-state index is -0.591. The number of hydroxylamine groups is 1. The van der Waals surface area contributed by atoms with Gasteiger partial charge in [-0.1, -0.05) is 17.7 Å². The molecular weight excluding hydrogens is 192 g/mol. The SMILES string of the molecule is Cc1ccc2ccnc(C(=O)NO)c2c1. The van der Waals surface area contributed by atoms with Gasteiger partial charge in [-0.25, -0.2) is 5.48 Å². The molecule has 2 N–H and O–H groups in total. The molecule has 2 rings (SSSR count). The summed E-state index contributed by atoms with van der Waals surface area (Å²) in [5.74, 6) is -0.591. The van der Waals surface area contributed by atoms with Crippen LogP contribution in [0.3, 0.4) is 0 Å². The van der Waals surface area contributed by atoms with Gasteiger partial charge < -0.3 is 0 Å². The molecule has 0 unspecified atom stereocenters. The van der Waals surface area contributed by atoms with Gasteiger partial charge >= 0.3 is 0 Å². The lowest BCUT2D eigenvalue weighted by molar-refractivity contribution is 0.0703. The van der Waals surface area contributed by atoms with Crippen molar-refractivity contribution >= 4 is 16.7 Å². The predicted molar refractivity (Wildman–Crippen MR) is 55.7 cm³/mol. The Morgan fingerprint density at radius 2 is 2.20 bits per heavy atom. The standard InChI is InChI=1S/C11H10N2O2/c1-7-2-3-8-4-5-12-10(9(8)6-7)11(14)13-15/h2-6,15H,1H3,(H,13,14). The van der Waals surface area contributed by atoms with E-state index in [-0.39, 0.29) is 5.69 Å². The molecule has 15 heavy (non-hydrogen) atoms. The van der Waals surface area contributed by atoms with Gasteiger partial charge in [0.1, 0.15) is 5.69 Å². The van der Waals surface area contributed by atoms with E-state index >= 15 is 0 Å². The summed E-state index contributed by atoms with van der Waals surface area (Å²) in [5, 5.41) is 10.2.